The normalized spacial score (nSPS) is 8.93. The Hall–Kier alpha value is -1.95. The molecule has 14 heavy (non-hydrogen) atoms. The van der Waals surface area contributed by atoms with Crippen LogP contribution in [0.25, 0.3) is 0 Å². The maximum atomic E-state index is 11.0. The number of hydrogen-bond donors (Lipinski definition) is 1. The molecule has 0 aliphatic rings. The summed E-state index contributed by atoms with van der Waals surface area (Å²) >= 11 is 0. The van der Waals surface area contributed by atoms with E-state index in [0.717, 1.165) is 5.56 Å². The molecule has 0 heterocycles. The minimum absolute atomic E-state index is 0.478. The van der Waals surface area contributed by atoms with E-state index >= 15 is 0 Å². The molecule has 0 aliphatic heterocycles. The van der Waals surface area contributed by atoms with Crippen molar-refractivity contribution in [3.63, 3.8) is 0 Å². The summed E-state index contributed by atoms with van der Waals surface area (Å²) in [6.45, 7) is 1.92. The van der Waals surface area contributed by atoms with Gasteiger partial charge in [-0.05, 0) is 30.5 Å². The average molecular weight is 189 g/mol. The highest BCUT2D eigenvalue weighted by Crippen LogP contribution is 2.24. The summed E-state index contributed by atoms with van der Waals surface area (Å²) in [4.78, 5) is 11.0. The molecule has 3 heteroatoms. The van der Waals surface area contributed by atoms with Gasteiger partial charge in [0.05, 0.1) is 12.8 Å². The van der Waals surface area contributed by atoms with Crippen molar-refractivity contribution in [2.75, 3.05) is 12.4 Å². The second-order valence-corrected chi connectivity index (χ2v) is 2.80. The van der Waals surface area contributed by atoms with Crippen LogP contribution in [0.15, 0.2) is 18.2 Å². The monoisotopic (exact) mass is 189 g/mol. The number of methoxy groups -OCH3 is 1. The van der Waals surface area contributed by atoms with Crippen molar-refractivity contribution in [2.24, 2.45) is 0 Å². The lowest BCUT2D eigenvalue weighted by molar-refractivity contribution is -0.111. The largest absolute Gasteiger partial charge is 0.495 e. The molecule has 1 amide bonds. The van der Waals surface area contributed by atoms with Crippen molar-refractivity contribution in [1.82, 2.24) is 0 Å². The van der Waals surface area contributed by atoms with E-state index in [4.69, 9.17) is 11.2 Å². The molecule has 0 bridgehead atoms. The highest BCUT2D eigenvalue weighted by molar-refractivity contribution is 6.04. The first-order valence-electron chi connectivity index (χ1n) is 4.09. The second-order valence-electron chi connectivity index (χ2n) is 2.80. The lowest BCUT2D eigenvalue weighted by Gasteiger charge is -2.08. The second kappa shape index (κ2) is 4.33. The number of hydrogen-bond acceptors (Lipinski definition) is 2. The molecule has 0 atom stereocenters. The maximum absolute atomic E-state index is 11.0. The quantitative estimate of drug-likeness (QED) is 0.717. The van der Waals surface area contributed by atoms with Crippen LogP contribution >= 0.6 is 0 Å². The highest BCUT2D eigenvalue weighted by atomic mass is 16.5. The van der Waals surface area contributed by atoms with Crippen LogP contribution < -0.4 is 10.1 Å². The van der Waals surface area contributed by atoms with Gasteiger partial charge >= 0.3 is 0 Å². The van der Waals surface area contributed by atoms with Crippen LogP contribution in [0, 0.1) is 19.3 Å². The number of rotatable bonds is 2. The Morgan fingerprint density at radius 2 is 2.29 bits per heavy atom. The number of terminal acetylenes is 1. The first-order valence-corrected chi connectivity index (χ1v) is 4.09. The molecule has 1 N–H and O–H groups in total. The lowest BCUT2D eigenvalue weighted by atomic mass is 10.2. The number of carbonyl (C=O) groups is 1. The van der Waals surface area contributed by atoms with Gasteiger partial charge in [-0.15, -0.1) is 6.42 Å². The fourth-order valence-corrected chi connectivity index (χ4v) is 1.08. The minimum Gasteiger partial charge on any atom is -0.495 e. The van der Waals surface area contributed by atoms with Crippen molar-refractivity contribution in [3.05, 3.63) is 23.8 Å². The number of aryl methyl sites for hydroxylation is 1. The summed E-state index contributed by atoms with van der Waals surface area (Å²) in [5.41, 5.74) is 1.62. The van der Waals surface area contributed by atoms with Gasteiger partial charge in [0, 0.05) is 0 Å². The SMILES string of the molecule is C#CC(=O)Nc1cc(C)ccc1OC. The van der Waals surface area contributed by atoms with E-state index in [9.17, 15) is 4.79 Å². The van der Waals surface area contributed by atoms with Crippen molar-refractivity contribution in [2.45, 2.75) is 6.92 Å². The van der Waals surface area contributed by atoms with E-state index in [1.54, 1.807) is 12.1 Å². The molecule has 0 saturated heterocycles. The van der Waals surface area contributed by atoms with Gasteiger partial charge in [0.2, 0.25) is 0 Å². The minimum atomic E-state index is -0.478. The Kier molecular flexibility index (Phi) is 3.14. The molecule has 3 nitrogen and oxygen atoms in total. The zero-order chi connectivity index (χ0) is 10.6. The maximum Gasteiger partial charge on any atom is 0.300 e. The molecule has 1 aromatic rings. The number of ether oxygens (including phenoxy) is 1. The third kappa shape index (κ3) is 2.27. The molecular weight excluding hydrogens is 178 g/mol. The molecule has 0 aromatic heterocycles. The van der Waals surface area contributed by atoms with Gasteiger partial charge in [0.1, 0.15) is 5.75 Å². The van der Waals surface area contributed by atoms with Gasteiger partial charge in [-0.1, -0.05) is 6.07 Å². The third-order valence-corrected chi connectivity index (χ3v) is 1.73. The van der Waals surface area contributed by atoms with Crippen LogP contribution in [0.1, 0.15) is 5.56 Å². The van der Waals surface area contributed by atoms with Crippen molar-refractivity contribution in [3.8, 4) is 18.1 Å². The van der Waals surface area contributed by atoms with E-state index in [-0.39, 0.29) is 0 Å². The molecule has 0 aliphatic carbocycles. The predicted octanol–water partition coefficient (Wildman–Crippen LogP) is 1.58. The summed E-state index contributed by atoms with van der Waals surface area (Å²) in [5, 5.41) is 2.55. The lowest BCUT2D eigenvalue weighted by Crippen LogP contribution is -2.09. The standard InChI is InChI=1S/C11H11NO2/c1-4-11(13)12-9-7-8(2)5-6-10(9)14-3/h1,5-7H,2-3H3,(H,12,13). The molecule has 1 aromatic carbocycles. The summed E-state index contributed by atoms with van der Waals surface area (Å²) in [6.07, 6.45) is 4.95. The van der Waals surface area contributed by atoms with Gasteiger partial charge in [-0.3, -0.25) is 4.79 Å². The topological polar surface area (TPSA) is 38.3 Å². The zero-order valence-electron chi connectivity index (χ0n) is 8.13. The number of benzene rings is 1. The predicted molar refractivity (Wildman–Crippen MR) is 55.2 cm³/mol. The summed E-state index contributed by atoms with van der Waals surface area (Å²) in [6, 6.07) is 5.47. The van der Waals surface area contributed by atoms with Gasteiger partial charge in [0.25, 0.3) is 5.91 Å². The molecule has 0 saturated carbocycles. The van der Waals surface area contributed by atoms with Crippen molar-refractivity contribution in [1.29, 1.82) is 0 Å². The Morgan fingerprint density at radius 1 is 1.57 bits per heavy atom. The van der Waals surface area contributed by atoms with Crippen molar-refractivity contribution < 1.29 is 9.53 Å². The van der Waals surface area contributed by atoms with Crippen LogP contribution in [0.3, 0.4) is 0 Å². The van der Waals surface area contributed by atoms with E-state index in [1.807, 2.05) is 18.9 Å². The van der Waals surface area contributed by atoms with Crippen LogP contribution in [0.5, 0.6) is 5.75 Å². The number of carbonyl (C=O) groups excluding carboxylic acids is 1. The average Bonchev–Trinajstić information content (AvgIpc) is 2.18. The molecular formula is C11H11NO2. The fraction of sp³-hybridized carbons (Fsp3) is 0.182. The smallest absolute Gasteiger partial charge is 0.300 e. The number of amides is 1. The van der Waals surface area contributed by atoms with Crippen LogP contribution in [-0.4, -0.2) is 13.0 Å². The van der Waals surface area contributed by atoms with Crippen molar-refractivity contribution >= 4 is 11.6 Å². The zero-order valence-corrected chi connectivity index (χ0v) is 8.13. The van der Waals surface area contributed by atoms with Gasteiger partial charge in [0.15, 0.2) is 0 Å². The van der Waals surface area contributed by atoms with Crippen LogP contribution in [0.2, 0.25) is 0 Å². The molecule has 0 unspecified atom stereocenters. The van der Waals surface area contributed by atoms with E-state index in [0.29, 0.717) is 11.4 Å². The van der Waals surface area contributed by atoms with E-state index in [2.05, 4.69) is 5.32 Å². The van der Waals surface area contributed by atoms with E-state index < -0.39 is 5.91 Å². The Bertz CT molecular complexity index is 391. The molecule has 1 rings (SSSR count). The number of anilines is 1. The van der Waals surface area contributed by atoms with Gasteiger partial charge in [-0.2, -0.15) is 0 Å². The number of nitrogens with one attached hydrogen (secondary N) is 1. The molecule has 0 spiro atoms. The summed E-state index contributed by atoms with van der Waals surface area (Å²) in [5.74, 6) is 2.10. The molecule has 0 radical (unpaired) electrons. The van der Waals surface area contributed by atoms with Crippen LogP contribution in [0.4, 0.5) is 5.69 Å². The van der Waals surface area contributed by atoms with Gasteiger partial charge in [-0.25, -0.2) is 0 Å². The first kappa shape index (κ1) is 10.1. The Labute approximate surface area is 83.1 Å². The van der Waals surface area contributed by atoms with Crippen LogP contribution in [-0.2, 0) is 4.79 Å². The summed E-state index contributed by atoms with van der Waals surface area (Å²) < 4.78 is 5.06. The molecule has 72 valence electrons. The van der Waals surface area contributed by atoms with Gasteiger partial charge < -0.3 is 10.1 Å². The summed E-state index contributed by atoms with van der Waals surface area (Å²) in [7, 11) is 1.54. The first-order chi connectivity index (χ1) is 6.67. The Balaban J connectivity index is 3.00. The van der Waals surface area contributed by atoms with E-state index in [1.165, 1.54) is 7.11 Å². The third-order valence-electron chi connectivity index (χ3n) is 1.73. The Morgan fingerprint density at radius 3 is 2.86 bits per heavy atom. The highest BCUT2D eigenvalue weighted by Gasteiger charge is 2.04. The molecule has 0 fully saturated rings. The fourth-order valence-electron chi connectivity index (χ4n) is 1.08.